The maximum absolute atomic E-state index is 11.3. The van der Waals surface area contributed by atoms with Gasteiger partial charge in [0.1, 0.15) is 11.9 Å². The quantitative estimate of drug-likeness (QED) is 0.219. The summed E-state index contributed by atoms with van der Waals surface area (Å²) in [5.41, 5.74) is 3.96. The Morgan fingerprint density at radius 1 is 1.00 bits per heavy atom. The summed E-state index contributed by atoms with van der Waals surface area (Å²) in [6.45, 7) is 7.07. The molecule has 2 heterocycles. The molecule has 2 saturated carbocycles. The number of aryl methyl sites for hydroxylation is 1. The Labute approximate surface area is 259 Å². The van der Waals surface area contributed by atoms with Gasteiger partial charge in [-0.3, -0.25) is 9.80 Å². The molecule has 2 aromatic carbocycles. The highest BCUT2D eigenvalue weighted by Gasteiger charge is 2.66. The SMILES string of the molecule is CCCCCN(CCCCCCc1ccccc1)[C@@H]1CC[C@H]2[C@H]3Cc4c(O)cc(OC)c5c4[C@@]2(CCN3CC2CC2)[C@H]1O5. The number of unbranched alkanes of at least 4 members (excludes halogenated alkanes) is 5. The van der Waals surface area contributed by atoms with Crippen molar-refractivity contribution in [2.24, 2.45) is 11.8 Å². The monoisotopic (exact) mass is 586 g/mol. The van der Waals surface area contributed by atoms with Crippen molar-refractivity contribution in [1.82, 2.24) is 9.80 Å². The van der Waals surface area contributed by atoms with Gasteiger partial charge in [-0.15, -0.1) is 0 Å². The van der Waals surface area contributed by atoms with E-state index in [2.05, 4.69) is 47.1 Å². The Morgan fingerprint density at radius 3 is 2.56 bits per heavy atom. The highest BCUT2D eigenvalue weighted by atomic mass is 16.5. The lowest BCUT2D eigenvalue weighted by molar-refractivity contribution is -0.0898. The second kappa shape index (κ2) is 12.6. The minimum atomic E-state index is 0.00125. The van der Waals surface area contributed by atoms with E-state index < -0.39 is 0 Å². The van der Waals surface area contributed by atoms with E-state index >= 15 is 0 Å². The number of methoxy groups -OCH3 is 1. The molecular formula is C38H54N2O3. The lowest BCUT2D eigenvalue weighted by Gasteiger charge is -2.60. The summed E-state index contributed by atoms with van der Waals surface area (Å²) in [6.07, 6.45) is 17.7. The van der Waals surface area contributed by atoms with Gasteiger partial charge in [-0.25, -0.2) is 0 Å². The van der Waals surface area contributed by atoms with E-state index in [4.69, 9.17) is 9.47 Å². The Morgan fingerprint density at radius 2 is 1.79 bits per heavy atom. The third kappa shape index (κ3) is 5.47. The summed E-state index contributed by atoms with van der Waals surface area (Å²) in [5, 5.41) is 11.3. The number of phenolic OH excluding ortho intramolecular Hbond substituents is 1. The van der Waals surface area contributed by atoms with E-state index in [1.54, 1.807) is 7.11 Å². The second-order valence-electron chi connectivity index (χ2n) is 14.5. The molecule has 1 saturated heterocycles. The van der Waals surface area contributed by atoms with Crippen molar-refractivity contribution in [3.05, 3.63) is 53.1 Å². The van der Waals surface area contributed by atoms with Gasteiger partial charge in [0.2, 0.25) is 0 Å². The van der Waals surface area contributed by atoms with E-state index in [9.17, 15) is 5.11 Å². The second-order valence-corrected chi connectivity index (χ2v) is 14.5. The highest BCUT2D eigenvalue weighted by molar-refractivity contribution is 5.65. The minimum absolute atomic E-state index is 0.00125. The molecule has 1 N–H and O–H groups in total. The Hall–Kier alpha value is -2.24. The van der Waals surface area contributed by atoms with Crippen LogP contribution in [0.2, 0.25) is 0 Å². The standard InChI is InChI=1S/C38H54N2O3/c1-3-4-11-21-39(22-12-6-5-8-13-27-14-9-7-10-15-27)31-19-18-30-32-24-29-33(41)25-34(42-2)36-35(29)38(30,37(31)43-36)20-23-40(32)26-28-16-17-28/h7,9-10,14-15,25,28,30-32,37,41H,3-6,8,11-13,16-24,26H2,1-2H3/t30-,31+,32+,37-,38-/m0/s1. The van der Waals surface area contributed by atoms with Crippen LogP contribution in [0.5, 0.6) is 17.2 Å². The molecule has 7 rings (SSSR count). The minimum Gasteiger partial charge on any atom is -0.508 e. The molecule has 5 aliphatic rings. The third-order valence-corrected chi connectivity index (χ3v) is 11.9. The summed E-state index contributed by atoms with van der Waals surface area (Å²) < 4.78 is 13.1. The number of hydrogen-bond acceptors (Lipinski definition) is 5. The maximum atomic E-state index is 11.3. The maximum Gasteiger partial charge on any atom is 0.166 e. The molecule has 0 aromatic heterocycles. The van der Waals surface area contributed by atoms with Crippen LogP contribution < -0.4 is 9.47 Å². The van der Waals surface area contributed by atoms with Crippen LogP contribution in [0.25, 0.3) is 0 Å². The predicted octanol–water partition coefficient (Wildman–Crippen LogP) is 7.51. The largest absolute Gasteiger partial charge is 0.508 e. The van der Waals surface area contributed by atoms with Crippen LogP contribution in [0.15, 0.2) is 36.4 Å². The zero-order valence-electron chi connectivity index (χ0n) is 26.7. The van der Waals surface area contributed by atoms with Gasteiger partial charge in [-0.2, -0.15) is 0 Å². The van der Waals surface area contributed by atoms with E-state index in [1.807, 2.05) is 6.07 Å². The molecule has 5 atom stereocenters. The lowest BCUT2D eigenvalue weighted by Crippen LogP contribution is -2.69. The van der Waals surface area contributed by atoms with Crippen LogP contribution >= 0.6 is 0 Å². The molecule has 2 aliphatic heterocycles. The van der Waals surface area contributed by atoms with E-state index in [1.165, 1.54) is 114 Å². The lowest BCUT2D eigenvalue weighted by atomic mass is 9.50. The summed E-state index contributed by atoms with van der Waals surface area (Å²) in [7, 11) is 1.73. The fraction of sp³-hybridized carbons (Fsp3) is 0.684. The molecule has 0 radical (unpaired) electrons. The van der Waals surface area contributed by atoms with Crippen molar-refractivity contribution in [2.75, 3.05) is 33.3 Å². The van der Waals surface area contributed by atoms with Crippen LogP contribution in [0.4, 0.5) is 0 Å². The zero-order valence-corrected chi connectivity index (χ0v) is 26.7. The summed E-state index contributed by atoms with van der Waals surface area (Å²) >= 11 is 0. The van der Waals surface area contributed by atoms with Crippen molar-refractivity contribution in [3.8, 4) is 17.2 Å². The first-order valence-electron chi connectivity index (χ1n) is 17.8. The molecule has 3 aliphatic carbocycles. The number of likely N-dealkylation sites (tertiary alicyclic amines) is 1. The van der Waals surface area contributed by atoms with Crippen LogP contribution in [0, 0.1) is 11.8 Å². The first-order valence-corrected chi connectivity index (χ1v) is 17.8. The Bertz CT molecular complexity index is 1250. The molecule has 2 bridgehead atoms. The topological polar surface area (TPSA) is 45.2 Å². The molecule has 0 amide bonds. The van der Waals surface area contributed by atoms with Crippen LogP contribution in [0.1, 0.15) is 101 Å². The van der Waals surface area contributed by atoms with Crippen molar-refractivity contribution in [2.45, 2.75) is 120 Å². The first-order chi connectivity index (χ1) is 21.1. The first kappa shape index (κ1) is 29.5. The number of hydrogen-bond donors (Lipinski definition) is 1. The fourth-order valence-electron chi connectivity index (χ4n) is 9.69. The number of ether oxygens (including phenoxy) is 2. The van der Waals surface area contributed by atoms with Gasteiger partial charge >= 0.3 is 0 Å². The smallest absolute Gasteiger partial charge is 0.166 e. The van der Waals surface area contributed by atoms with Crippen molar-refractivity contribution in [1.29, 1.82) is 0 Å². The molecule has 1 spiro atoms. The van der Waals surface area contributed by atoms with Gasteiger partial charge in [-0.05, 0) is 101 Å². The van der Waals surface area contributed by atoms with Gasteiger partial charge in [0, 0.05) is 41.2 Å². The predicted molar refractivity (Wildman–Crippen MR) is 173 cm³/mol. The molecule has 3 fully saturated rings. The van der Waals surface area contributed by atoms with Gasteiger partial charge < -0.3 is 14.6 Å². The normalized spacial score (nSPS) is 29.0. The number of benzene rings is 2. The van der Waals surface area contributed by atoms with Crippen molar-refractivity contribution >= 4 is 0 Å². The molecule has 43 heavy (non-hydrogen) atoms. The average molecular weight is 587 g/mol. The van der Waals surface area contributed by atoms with Crippen molar-refractivity contribution in [3.63, 3.8) is 0 Å². The number of phenols is 1. The number of piperidine rings is 1. The van der Waals surface area contributed by atoms with E-state index in [-0.39, 0.29) is 11.5 Å². The van der Waals surface area contributed by atoms with Gasteiger partial charge in [-0.1, -0.05) is 62.9 Å². The van der Waals surface area contributed by atoms with Crippen LogP contribution in [-0.4, -0.2) is 66.4 Å². The molecule has 2 aromatic rings. The van der Waals surface area contributed by atoms with Gasteiger partial charge in [0.05, 0.1) is 7.11 Å². The molecule has 5 heteroatoms. The molecular weight excluding hydrogens is 532 g/mol. The van der Waals surface area contributed by atoms with E-state index in [0.717, 1.165) is 35.8 Å². The average Bonchev–Trinajstić information content (AvgIpc) is 3.78. The summed E-state index contributed by atoms with van der Waals surface area (Å²) in [4.78, 5) is 5.67. The van der Waals surface area contributed by atoms with E-state index in [0.29, 0.717) is 23.8 Å². The number of rotatable bonds is 15. The number of nitrogens with zero attached hydrogens (tertiary/aromatic N) is 2. The fourth-order valence-corrected chi connectivity index (χ4v) is 9.69. The van der Waals surface area contributed by atoms with Crippen LogP contribution in [-0.2, 0) is 18.3 Å². The molecule has 0 unspecified atom stereocenters. The highest BCUT2D eigenvalue weighted by Crippen LogP contribution is 2.65. The zero-order chi connectivity index (χ0) is 29.4. The number of aromatic hydroxyl groups is 1. The Kier molecular flexibility index (Phi) is 8.66. The van der Waals surface area contributed by atoms with Gasteiger partial charge in [0.15, 0.2) is 11.5 Å². The van der Waals surface area contributed by atoms with Crippen molar-refractivity contribution < 1.29 is 14.6 Å². The van der Waals surface area contributed by atoms with Crippen LogP contribution in [0.3, 0.4) is 0 Å². The molecule has 234 valence electrons. The van der Waals surface area contributed by atoms with Gasteiger partial charge in [0.25, 0.3) is 0 Å². The summed E-state index contributed by atoms with van der Waals surface area (Å²) in [5.74, 6) is 3.61. The Balaban J connectivity index is 1.12. The summed E-state index contributed by atoms with van der Waals surface area (Å²) in [6, 6.07) is 13.7. The third-order valence-electron chi connectivity index (χ3n) is 11.9. The molecule has 5 nitrogen and oxygen atoms in total.